The minimum absolute atomic E-state index is 0.0180. The van der Waals surface area contributed by atoms with Gasteiger partial charge in [0.25, 0.3) is 0 Å². The highest BCUT2D eigenvalue weighted by atomic mass is 19.1. The number of hydrogen-bond donors (Lipinski definition) is 2. The van der Waals surface area contributed by atoms with Crippen LogP contribution in [0.2, 0.25) is 0 Å². The van der Waals surface area contributed by atoms with E-state index in [2.05, 4.69) is 17.4 Å². The first-order valence-electron chi connectivity index (χ1n) is 14.7. The molecule has 3 atom stereocenters. The second-order valence-corrected chi connectivity index (χ2v) is 11.9. The highest BCUT2D eigenvalue weighted by molar-refractivity contribution is 5.76. The predicted molar refractivity (Wildman–Crippen MR) is 146 cm³/mol. The van der Waals surface area contributed by atoms with Crippen LogP contribution in [0.4, 0.5) is 10.2 Å². The molecule has 1 spiro atoms. The van der Waals surface area contributed by atoms with Crippen LogP contribution in [0.25, 0.3) is 0 Å². The third kappa shape index (κ3) is 6.13. The molecule has 8 heteroatoms. The topological polar surface area (TPSA) is 83.9 Å². The Morgan fingerprint density at radius 3 is 2.92 bits per heavy atom. The van der Waals surface area contributed by atoms with Crippen molar-refractivity contribution in [1.82, 2.24) is 9.88 Å². The monoisotopic (exact) mass is 537 g/mol. The van der Waals surface area contributed by atoms with E-state index in [1.165, 1.54) is 30.5 Å². The van der Waals surface area contributed by atoms with Crippen LogP contribution in [0, 0.1) is 11.2 Å². The van der Waals surface area contributed by atoms with Gasteiger partial charge >= 0.3 is 5.97 Å². The van der Waals surface area contributed by atoms with E-state index in [-0.39, 0.29) is 12.2 Å². The van der Waals surface area contributed by atoms with Gasteiger partial charge in [-0.3, -0.25) is 9.69 Å². The quantitative estimate of drug-likeness (QED) is 0.390. The first-order chi connectivity index (χ1) is 19.0. The second kappa shape index (κ2) is 11.5. The van der Waals surface area contributed by atoms with Gasteiger partial charge in [0, 0.05) is 31.9 Å². The van der Waals surface area contributed by atoms with Crippen molar-refractivity contribution >= 4 is 11.8 Å². The zero-order chi connectivity index (χ0) is 26.8. The van der Waals surface area contributed by atoms with Crippen LogP contribution < -0.4 is 5.32 Å². The lowest BCUT2D eigenvalue weighted by atomic mass is 9.88. The van der Waals surface area contributed by atoms with Gasteiger partial charge in [0.1, 0.15) is 17.7 Å². The zero-order valence-electron chi connectivity index (χ0n) is 22.7. The Bertz CT molecular complexity index is 1180. The Kier molecular flexibility index (Phi) is 7.87. The average molecular weight is 538 g/mol. The van der Waals surface area contributed by atoms with Gasteiger partial charge in [-0.15, -0.1) is 0 Å². The van der Waals surface area contributed by atoms with E-state index in [0.29, 0.717) is 37.3 Å². The van der Waals surface area contributed by atoms with E-state index in [0.717, 1.165) is 75.0 Å². The molecule has 2 aromatic rings. The summed E-state index contributed by atoms with van der Waals surface area (Å²) in [5, 5.41) is 13.6. The summed E-state index contributed by atoms with van der Waals surface area (Å²) in [7, 11) is 0. The van der Waals surface area contributed by atoms with Gasteiger partial charge in [-0.2, -0.15) is 0 Å². The standard InChI is InChI=1S/C31H40FN3O4/c32-22-7-9-25(27-10-12-31(13-14-31)20-39-27)26(18-22)28(30(36)37)35-16-11-24(19-35)38-17-2-1-5-23-8-6-21-4-3-15-33-29(21)34-23/h6-9,18,24,27-28H,1-5,10-17,19-20H2,(H,33,34)(H,36,37)/t24-,27+,28+/m1/s1. The van der Waals surface area contributed by atoms with Crippen molar-refractivity contribution in [2.75, 3.05) is 38.2 Å². The molecule has 0 radical (unpaired) electrons. The molecule has 2 N–H and O–H groups in total. The number of carboxylic acids is 1. The van der Waals surface area contributed by atoms with Crippen molar-refractivity contribution in [2.45, 2.75) is 82.5 Å². The Balaban J connectivity index is 1.02. The number of aryl methyl sites for hydroxylation is 2. The van der Waals surface area contributed by atoms with E-state index >= 15 is 0 Å². The summed E-state index contributed by atoms with van der Waals surface area (Å²) in [5.41, 5.74) is 4.10. The maximum Gasteiger partial charge on any atom is 0.325 e. The maximum absolute atomic E-state index is 14.4. The number of fused-ring (bicyclic) bond motifs is 1. The van der Waals surface area contributed by atoms with Crippen molar-refractivity contribution in [3.63, 3.8) is 0 Å². The van der Waals surface area contributed by atoms with Gasteiger partial charge in [-0.25, -0.2) is 9.37 Å². The summed E-state index contributed by atoms with van der Waals surface area (Å²) in [6.07, 6.45) is 10.1. The summed E-state index contributed by atoms with van der Waals surface area (Å²) >= 11 is 0. The maximum atomic E-state index is 14.4. The van der Waals surface area contributed by atoms with Gasteiger partial charge < -0.3 is 19.9 Å². The van der Waals surface area contributed by atoms with Gasteiger partial charge in [0.15, 0.2) is 0 Å². The number of carbonyl (C=O) groups is 1. The molecule has 4 aliphatic rings. The van der Waals surface area contributed by atoms with E-state index in [1.54, 1.807) is 6.07 Å². The summed E-state index contributed by atoms with van der Waals surface area (Å²) in [6.45, 7) is 3.49. The highest BCUT2D eigenvalue weighted by Gasteiger charge is 2.46. The smallest absolute Gasteiger partial charge is 0.325 e. The molecule has 210 valence electrons. The number of nitrogens with one attached hydrogen (secondary N) is 1. The second-order valence-electron chi connectivity index (χ2n) is 11.9. The Morgan fingerprint density at radius 1 is 1.23 bits per heavy atom. The molecular formula is C31H40FN3O4. The molecule has 3 aliphatic heterocycles. The summed E-state index contributed by atoms with van der Waals surface area (Å²) < 4.78 is 26.8. The number of rotatable bonds is 10. The number of carboxylic acid groups (broad SMARTS) is 1. The highest BCUT2D eigenvalue weighted by Crippen LogP contribution is 2.55. The number of aliphatic carboxylic acids is 1. The van der Waals surface area contributed by atoms with Crippen molar-refractivity contribution in [1.29, 1.82) is 0 Å². The number of benzene rings is 1. The van der Waals surface area contributed by atoms with Crippen LogP contribution in [0.3, 0.4) is 0 Å². The fourth-order valence-electron chi connectivity index (χ4n) is 6.54. The van der Waals surface area contributed by atoms with E-state index in [4.69, 9.17) is 14.5 Å². The number of hydrogen-bond acceptors (Lipinski definition) is 6. The minimum Gasteiger partial charge on any atom is -0.480 e. The number of pyridine rings is 1. The molecule has 0 amide bonds. The first-order valence-corrected chi connectivity index (χ1v) is 14.7. The van der Waals surface area contributed by atoms with Crippen LogP contribution in [0.1, 0.15) is 85.9 Å². The fourth-order valence-corrected chi connectivity index (χ4v) is 6.54. The molecule has 7 nitrogen and oxygen atoms in total. The normalized spacial score (nSPS) is 24.7. The Labute approximate surface area is 230 Å². The largest absolute Gasteiger partial charge is 0.480 e. The number of ether oxygens (including phenoxy) is 2. The van der Waals surface area contributed by atoms with E-state index in [1.807, 2.05) is 4.90 Å². The molecule has 3 fully saturated rings. The van der Waals surface area contributed by atoms with Crippen LogP contribution >= 0.6 is 0 Å². The Hall–Kier alpha value is -2.55. The van der Waals surface area contributed by atoms with Crippen LogP contribution in [-0.2, 0) is 27.1 Å². The average Bonchev–Trinajstić information content (AvgIpc) is 3.53. The molecule has 1 aliphatic carbocycles. The lowest BCUT2D eigenvalue weighted by Gasteiger charge is -2.33. The molecule has 0 unspecified atom stereocenters. The zero-order valence-corrected chi connectivity index (χ0v) is 22.7. The molecule has 1 saturated carbocycles. The lowest BCUT2D eigenvalue weighted by molar-refractivity contribution is -0.143. The third-order valence-electron chi connectivity index (χ3n) is 9.08. The van der Waals surface area contributed by atoms with Crippen molar-refractivity contribution < 1.29 is 23.8 Å². The molecule has 0 bridgehead atoms. The molecule has 1 aromatic heterocycles. The summed E-state index contributed by atoms with van der Waals surface area (Å²) in [6, 6.07) is 7.98. The van der Waals surface area contributed by atoms with Crippen LogP contribution in [0.15, 0.2) is 30.3 Å². The summed E-state index contributed by atoms with van der Waals surface area (Å²) in [5.74, 6) is -0.327. The molecule has 6 rings (SSSR count). The van der Waals surface area contributed by atoms with Gasteiger partial charge in [0.05, 0.1) is 18.8 Å². The molecule has 1 aromatic carbocycles. The number of nitrogens with zero attached hydrogens (tertiary/aromatic N) is 2. The fraction of sp³-hybridized carbons (Fsp3) is 0.613. The number of halogens is 1. The number of anilines is 1. The number of likely N-dealkylation sites (tertiary alicyclic amines) is 1. The van der Waals surface area contributed by atoms with Gasteiger partial charge in [-0.05, 0) is 105 Å². The minimum atomic E-state index is -0.955. The van der Waals surface area contributed by atoms with E-state index in [9.17, 15) is 14.3 Å². The van der Waals surface area contributed by atoms with Crippen molar-refractivity contribution in [3.05, 3.63) is 58.5 Å². The summed E-state index contributed by atoms with van der Waals surface area (Å²) in [4.78, 5) is 19.2. The lowest BCUT2D eigenvalue weighted by Crippen LogP contribution is -2.35. The van der Waals surface area contributed by atoms with Crippen LogP contribution in [-0.4, -0.2) is 59.9 Å². The molecule has 39 heavy (non-hydrogen) atoms. The van der Waals surface area contributed by atoms with Gasteiger partial charge in [0.2, 0.25) is 0 Å². The Morgan fingerprint density at radius 2 is 2.13 bits per heavy atom. The predicted octanol–water partition coefficient (Wildman–Crippen LogP) is 5.45. The van der Waals surface area contributed by atoms with Crippen molar-refractivity contribution in [3.8, 4) is 0 Å². The number of aromatic nitrogens is 1. The van der Waals surface area contributed by atoms with E-state index < -0.39 is 17.8 Å². The first kappa shape index (κ1) is 26.7. The van der Waals surface area contributed by atoms with Crippen LogP contribution in [0.5, 0.6) is 0 Å². The molecule has 2 saturated heterocycles. The number of unbranched alkanes of at least 4 members (excludes halogenated alkanes) is 1. The third-order valence-corrected chi connectivity index (χ3v) is 9.08. The van der Waals surface area contributed by atoms with Crippen molar-refractivity contribution in [2.24, 2.45) is 5.41 Å². The SMILES string of the molecule is O=C(O)[C@H](c1cc(F)ccc1[C@@H]1CCC2(CC2)CO1)N1CC[C@@H](OCCCCc2ccc3c(n2)NCCC3)C1. The molecular weight excluding hydrogens is 497 g/mol. The molecule has 4 heterocycles. The van der Waals surface area contributed by atoms with Gasteiger partial charge in [-0.1, -0.05) is 12.1 Å².